The number of hydrogen-bond donors (Lipinski definition) is 0. The van der Waals surface area contributed by atoms with Crippen LogP contribution < -0.4 is 0 Å². The van der Waals surface area contributed by atoms with Gasteiger partial charge in [0.2, 0.25) is 0 Å². The second kappa shape index (κ2) is 128. The summed E-state index contributed by atoms with van der Waals surface area (Å²) >= 11 is -4.32. The first kappa shape index (κ1) is 36.1. The molecule has 0 rings (SSSR count). The summed E-state index contributed by atoms with van der Waals surface area (Å²) in [5.41, 5.74) is 0. The Bertz CT molecular complexity index is 107. The first-order chi connectivity index (χ1) is 6.83. The molecule has 0 spiro atoms. The molecule has 72 valence electrons. The van der Waals surface area contributed by atoms with Crippen molar-refractivity contribution in [2.75, 3.05) is 0 Å². The van der Waals surface area contributed by atoms with Gasteiger partial charge in [0.05, 0.1) is 0 Å². The zero-order valence-corrected chi connectivity index (χ0v) is 25.6. The molecule has 0 saturated carbocycles. The van der Waals surface area contributed by atoms with E-state index < -0.39 is 46.5 Å². The molecule has 0 aliphatic carbocycles. The SMILES string of the molecule is [O]=[Hf].[O]=[Hf].[O]=[Hf].[O]=[Hf].[O]=[Zr]=[O].[O]=[Zr]=[O]. The zero-order chi connectivity index (χ0) is 13.4. The van der Waals surface area contributed by atoms with Gasteiger partial charge in [-0.1, -0.05) is 0 Å². The molecule has 0 bridgehead atoms. The Morgan fingerprint density at radius 3 is 0.429 bits per heavy atom. The fourth-order valence-corrected chi connectivity index (χ4v) is 0. The molecular formula is Hf4O8Zr2. The molecule has 0 saturated heterocycles. The van der Waals surface area contributed by atoms with Crippen molar-refractivity contribution < 1.29 is 167 Å². The molecule has 0 aliphatic heterocycles. The Kier molecular flexibility index (Phi) is 329. The van der Waals surface area contributed by atoms with Crippen LogP contribution in [0.3, 0.4) is 0 Å². The summed E-state index contributed by atoms with van der Waals surface area (Å²) in [7, 11) is 0. The standard InChI is InChI=1S/4Hf.8O.2Zr. The molecule has 0 radical (unpaired) electrons. The van der Waals surface area contributed by atoms with Crippen molar-refractivity contribution in [3.8, 4) is 0 Å². The van der Waals surface area contributed by atoms with Gasteiger partial charge in [0.1, 0.15) is 0 Å². The second-order valence-electron chi connectivity index (χ2n) is 0.167. The average molecular weight is 1020 g/mol. The first-order valence-electron chi connectivity index (χ1n) is 1.63. The Morgan fingerprint density at radius 2 is 0.429 bits per heavy atom. The van der Waals surface area contributed by atoms with Gasteiger partial charge in [0, 0.05) is 0 Å². The third kappa shape index (κ3) is 252. The van der Waals surface area contributed by atoms with Gasteiger partial charge in [-0.3, -0.25) is 0 Å². The van der Waals surface area contributed by atoms with E-state index in [1.54, 1.807) is 0 Å². The van der Waals surface area contributed by atoms with E-state index in [1.165, 1.54) is 0 Å². The summed E-state index contributed by atoms with van der Waals surface area (Å²) in [6.45, 7) is 0. The summed E-state index contributed by atoms with van der Waals surface area (Å²) in [5, 5.41) is 0. The molecule has 0 unspecified atom stereocenters. The Hall–Kier alpha value is 3.65. The van der Waals surface area contributed by atoms with Crippen LogP contribution in [0.4, 0.5) is 0 Å². The van der Waals surface area contributed by atoms with Crippen molar-refractivity contribution in [1.82, 2.24) is 0 Å². The van der Waals surface area contributed by atoms with Gasteiger partial charge in [0.15, 0.2) is 0 Å². The van der Waals surface area contributed by atoms with Gasteiger partial charge in [-0.25, -0.2) is 0 Å². The Morgan fingerprint density at radius 1 is 0.429 bits per heavy atom. The molecule has 0 aromatic rings. The van der Waals surface area contributed by atoms with E-state index in [9.17, 15) is 0 Å². The summed E-state index contributed by atoms with van der Waals surface area (Å²) in [4.78, 5) is 0. The van der Waals surface area contributed by atoms with Crippen LogP contribution in [0, 0.1) is 0 Å². The van der Waals surface area contributed by atoms with Crippen molar-refractivity contribution >= 4 is 0 Å². The van der Waals surface area contributed by atoms with Crippen LogP contribution in [0.25, 0.3) is 0 Å². The third-order valence-corrected chi connectivity index (χ3v) is 0. The molecule has 14 heavy (non-hydrogen) atoms. The van der Waals surface area contributed by atoms with Gasteiger partial charge < -0.3 is 0 Å². The molecule has 0 aromatic carbocycles. The molecule has 0 heterocycles. The molecule has 0 atom stereocenters. The van der Waals surface area contributed by atoms with E-state index in [0.717, 1.165) is 0 Å². The molecule has 14 heteroatoms. The van der Waals surface area contributed by atoms with Crippen molar-refractivity contribution in [3.05, 3.63) is 0 Å². The zero-order valence-electron chi connectivity index (χ0n) is 6.27. The van der Waals surface area contributed by atoms with Crippen molar-refractivity contribution in [1.29, 1.82) is 0 Å². The molecule has 0 amide bonds. The van der Waals surface area contributed by atoms with E-state index in [-0.39, 0.29) is 97.5 Å². The number of rotatable bonds is 0. The van der Waals surface area contributed by atoms with Crippen LogP contribution in [0.1, 0.15) is 0 Å². The third-order valence-electron chi connectivity index (χ3n) is 0. The monoisotopic (exact) mass is 1030 g/mol. The Labute approximate surface area is 162 Å². The van der Waals surface area contributed by atoms with Crippen LogP contribution in [0.2, 0.25) is 0 Å². The van der Waals surface area contributed by atoms with Crippen molar-refractivity contribution in [2.24, 2.45) is 0 Å². The van der Waals surface area contributed by atoms with Crippen molar-refractivity contribution in [2.45, 2.75) is 0 Å². The van der Waals surface area contributed by atoms with Gasteiger partial charge in [-0.2, -0.15) is 0 Å². The quantitative estimate of drug-likeness (QED) is 0.284. The Balaban J connectivity index is -0.0000000139. The normalized spacial score (nSPS) is 2.00. The van der Waals surface area contributed by atoms with Gasteiger partial charge in [0.25, 0.3) is 0 Å². The van der Waals surface area contributed by atoms with Gasteiger partial charge in [-0.15, -0.1) is 0 Å². The van der Waals surface area contributed by atoms with E-state index in [0.29, 0.717) is 0 Å². The van der Waals surface area contributed by atoms with Gasteiger partial charge >= 0.3 is 167 Å². The molecule has 0 N–H and O–H groups in total. The second-order valence-corrected chi connectivity index (χ2v) is 0.986. The maximum atomic E-state index is 8.54. The maximum absolute atomic E-state index is 8.54. The molecular weight excluding hydrogens is 1020 g/mol. The van der Waals surface area contributed by atoms with Crippen molar-refractivity contribution in [3.63, 3.8) is 0 Å². The summed E-state index contributed by atoms with van der Waals surface area (Å²) in [6, 6.07) is 0. The van der Waals surface area contributed by atoms with E-state index >= 15 is 0 Å². The number of hydrogen-bond acceptors (Lipinski definition) is 8. The van der Waals surface area contributed by atoms with E-state index in [4.69, 9.17) is 22.7 Å². The van der Waals surface area contributed by atoms with Crippen LogP contribution in [0.5, 0.6) is 0 Å². The summed E-state index contributed by atoms with van der Waals surface area (Å²) < 4.78 is 67.7. The molecule has 0 aromatic heterocycles. The topological polar surface area (TPSA) is 137 Å². The van der Waals surface area contributed by atoms with Crippen LogP contribution >= 0.6 is 0 Å². The fraction of sp³-hybridized carbons (Fsp3) is 0. The van der Waals surface area contributed by atoms with E-state index in [1.807, 2.05) is 0 Å². The summed E-state index contributed by atoms with van der Waals surface area (Å²) in [5.74, 6) is 0. The van der Waals surface area contributed by atoms with Crippen LogP contribution in [-0.2, 0) is 167 Å². The van der Waals surface area contributed by atoms with E-state index in [2.05, 4.69) is 0 Å². The fourth-order valence-electron chi connectivity index (χ4n) is 0. The van der Waals surface area contributed by atoms with Gasteiger partial charge in [-0.05, 0) is 0 Å². The molecule has 8 nitrogen and oxygen atoms in total. The predicted octanol–water partition coefficient (Wildman–Crippen LogP) is -0.965. The molecule has 0 aliphatic rings. The minimum atomic E-state index is -2.27. The van der Waals surface area contributed by atoms with Crippen LogP contribution in [0.15, 0.2) is 0 Å². The first-order valence-corrected chi connectivity index (χ1v) is 11.5. The summed E-state index contributed by atoms with van der Waals surface area (Å²) in [6.07, 6.45) is 0. The predicted molar refractivity (Wildman–Crippen MR) is 5.49 cm³/mol. The molecule has 0 fully saturated rings. The average Bonchev–Trinajstić information content (AvgIpc) is 2.31. The minimum absolute atomic E-state index is 0.0556. The van der Waals surface area contributed by atoms with Crippen LogP contribution in [-0.4, -0.2) is 0 Å².